The highest BCUT2D eigenvalue weighted by Crippen LogP contribution is 2.07. The number of aromatic nitrogens is 1. The molecule has 100 valence electrons. The van der Waals surface area contributed by atoms with E-state index >= 15 is 0 Å². The third-order valence-electron chi connectivity index (χ3n) is 2.93. The first-order valence-electron chi connectivity index (χ1n) is 6.22. The molecular weight excluding hydrogens is 260 g/mol. The van der Waals surface area contributed by atoms with Gasteiger partial charge in [0.05, 0.1) is 6.21 Å². The van der Waals surface area contributed by atoms with E-state index in [1.165, 1.54) is 19.8 Å². The van der Waals surface area contributed by atoms with E-state index in [0.29, 0.717) is 16.4 Å². The van der Waals surface area contributed by atoms with Gasteiger partial charge in [-0.1, -0.05) is 0 Å². The summed E-state index contributed by atoms with van der Waals surface area (Å²) < 4.78 is 0. The van der Waals surface area contributed by atoms with Crippen molar-refractivity contribution in [3.63, 3.8) is 0 Å². The van der Waals surface area contributed by atoms with Crippen molar-refractivity contribution in [1.82, 2.24) is 15.3 Å². The molecule has 0 bridgehead atoms. The van der Waals surface area contributed by atoms with Crippen molar-refractivity contribution in [3.8, 4) is 0 Å². The Morgan fingerprint density at radius 2 is 2.26 bits per heavy atom. The number of ketones is 1. The fourth-order valence-electron chi connectivity index (χ4n) is 1.96. The number of hydrazone groups is 1. The van der Waals surface area contributed by atoms with Crippen molar-refractivity contribution >= 4 is 29.3 Å². The van der Waals surface area contributed by atoms with E-state index in [1.807, 2.05) is 0 Å². The molecule has 1 N–H and O–H groups in total. The third kappa shape index (κ3) is 3.57. The zero-order valence-electron chi connectivity index (χ0n) is 10.8. The van der Waals surface area contributed by atoms with Gasteiger partial charge in [-0.25, -0.2) is 0 Å². The van der Waals surface area contributed by atoms with Crippen LogP contribution in [0.25, 0.3) is 0 Å². The topological polar surface area (TPSA) is 57.6 Å². The number of Topliss-reactive ketones (excluding diaryl/α,β-unsaturated/α-hetero) is 1. The summed E-state index contributed by atoms with van der Waals surface area (Å²) in [5.41, 5.74) is 3.93. The van der Waals surface area contributed by atoms with Crippen LogP contribution in [-0.2, 0) is 0 Å². The van der Waals surface area contributed by atoms with Crippen LogP contribution in [-0.4, -0.2) is 40.1 Å². The molecule has 1 aliphatic heterocycles. The molecule has 1 aliphatic rings. The highest BCUT2D eigenvalue weighted by atomic mass is 32.1. The van der Waals surface area contributed by atoms with Crippen LogP contribution in [0.5, 0.6) is 0 Å². The molecule has 2 rings (SSSR count). The second kappa shape index (κ2) is 6.38. The smallest absolute Gasteiger partial charge is 0.189 e. The Labute approximate surface area is 117 Å². The Morgan fingerprint density at radius 3 is 2.95 bits per heavy atom. The van der Waals surface area contributed by atoms with Gasteiger partial charge in [-0.2, -0.15) is 5.10 Å². The normalized spacial score (nSPS) is 14.9. The molecule has 5 nitrogen and oxygen atoms in total. The molecule has 0 spiro atoms. The lowest BCUT2D eigenvalue weighted by atomic mass is 10.1. The Hall–Kier alpha value is -1.82. The summed E-state index contributed by atoms with van der Waals surface area (Å²) >= 11 is 5.23. The van der Waals surface area contributed by atoms with Gasteiger partial charge in [0.25, 0.3) is 0 Å². The highest BCUT2D eigenvalue weighted by Gasteiger charge is 2.13. The molecule has 1 fully saturated rings. The molecule has 0 unspecified atom stereocenters. The van der Waals surface area contributed by atoms with Crippen molar-refractivity contribution in [3.05, 3.63) is 29.6 Å². The standard InChI is InChI=1S/C13H16N4OS/c1-10(18)12-11(5-4-6-14-12)9-15-16-13(19)17-7-2-3-8-17/h4-6,9H,2-3,7-8H2,1H3,(H,16,19)/b15-9+. The maximum atomic E-state index is 11.4. The SMILES string of the molecule is CC(=O)c1ncccc1/C=N/NC(=S)N1CCCC1. The van der Waals surface area contributed by atoms with Crippen LogP contribution in [0.2, 0.25) is 0 Å². The second-order valence-electron chi connectivity index (χ2n) is 4.37. The van der Waals surface area contributed by atoms with Crippen molar-refractivity contribution in [2.45, 2.75) is 19.8 Å². The lowest BCUT2D eigenvalue weighted by molar-refractivity contribution is 0.101. The third-order valence-corrected chi connectivity index (χ3v) is 3.28. The minimum absolute atomic E-state index is 0.0795. The van der Waals surface area contributed by atoms with Crippen LogP contribution in [0.4, 0.5) is 0 Å². The molecule has 6 heteroatoms. The molecule has 1 aromatic rings. The molecule has 0 saturated carbocycles. The Kier molecular flexibility index (Phi) is 4.57. The van der Waals surface area contributed by atoms with Crippen LogP contribution in [0, 0.1) is 0 Å². The highest BCUT2D eigenvalue weighted by molar-refractivity contribution is 7.80. The number of pyridine rings is 1. The van der Waals surface area contributed by atoms with Crippen LogP contribution < -0.4 is 5.43 Å². The first-order chi connectivity index (χ1) is 9.18. The number of thiocarbonyl (C=S) groups is 1. The average Bonchev–Trinajstić information content (AvgIpc) is 2.93. The van der Waals surface area contributed by atoms with Gasteiger partial charge >= 0.3 is 0 Å². The second-order valence-corrected chi connectivity index (χ2v) is 4.75. The molecule has 1 aromatic heterocycles. The van der Waals surface area contributed by atoms with E-state index < -0.39 is 0 Å². The Morgan fingerprint density at radius 1 is 1.53 bits per heavy atom. The minimum Gasteiger partial charge on any atom is -0.348 e. The largest absolute Gasteiger partial charge is 0.348 e. The Balaban J connectivity index is 1.99. The van der Waals surface area contributed by atoms with Gasteiger partial charge in [0.15, 0.2) is 10.9 Å². The summed E-state index contributed by atoms with van der Waals surface area (Å²) in [6.07, 6.45) is 5.51. The maximum absolute atomic E-state index is 11.4. The van der Waals surface area contributed by atoms with Crippen molar-refractivity contribution in [2.75, 3.05) is 13.1 Å². The summed E-state index contributed by atoms with van der Waals surface area (Å²) in [5, 5.41) is 4.71. The van der Waals surface area contributed by atoms with E-state index in [4.69, 9.17) is 12.2 Å². The van der Waals surface area contributed by atoms with E-state index in [2.05, 4.69) is 20.4 Å². The number of nitrogens with zero attached hydrogens (tertiary/aromatic N) is 3. The minimum atomic E-state index is -0.0795. The van der Waals surface area contributed by atoms with Gasteiger partial charge in [0.2, 0.25) is 0 Å². The predicted molar refractivity (Wildman–Crippen MR) is 78.4 cm³/mol. The zero-order valence-corrected chi connectivity index (χ0v) is 11.6. The average molecular weight is 276 g/mol. The zero-order chi connectivity index (χ0) is 13.7. The summed E-state index contributed by atoms with van der Waals surface area (Å²) in [5.74, 6) is -0.0795. The van der Waals surface area contributed by atoms with Crippen LogP contribution in [0.3, 0.4) is 0 Å². The summed E-state index contributed by atoms with van der Waals surface area (Å²) in [6.45, 7) is 3.45. The van der Waals surface area contributed by atoms with Gasteiger partial charge in [-0.05, 0) is 37.2 Å². The van der Waals surface area contributed by atoms with Crippen LogP contribution in [0.1, 0.15) is 35.8 Å². The first-order valence-corrected chi connectivity index (χ1v) is 6.63. The summed E-state index contributed by atoms with van der Waals surface area (Å²) in [6, 6.07) is 3.57. The predicted octanol–water partition coefficient (Wildman–Crippen LogP) is 1.59. The monoisotopic (exact) mass is 276 g/mol. The van der Waals surface area contributed by atoms with E-state index in [0.717, 1.165) is 13.1 Å². The van der Waals surface area contributed by atoms with Gasteiger partial charge in [0.1, 0.15) is 5.69 Å². The number of carbonyl (C=O) groups excluding carboxylic acids is 1. The van der Waals surface area contributed by atoms with Crippen molar-refractivity contribution < 1.29 is 4.79 Å². The molecule has 0 radical (unpaired) electrons. The van der Waals surface area contributed by atoms with Gasteiger partial charge < -0.3 is 4.90 Å². The van der Waals surface area contributed by atoms with Crippen molar-refractivity contribution in [2.24, 2.45) is 5.10 Å². The number of hydrogen-bond donors (Lipinski definition) is 1. The van der Waals surface area contributed by atoms with E-state index in [1.54, 1.807) is 24.5 Å². The van der Waals surface area contributed by atoms with Gasteiger partial charge in [0, 0.05) is 31.8 Å². The number of likely N-dealkylation sites (tertiary alicyclic amines) is 1. The Bertz CT molecular complexity index is 509. The number of nitrogens with one attached hydrogen (secondary N) is 1. The molecule has 2 heterocycles. The molecule has 0 aliphatic carbocycles. The van der Waals surface area contributed by atoms with Crippen molar-refractivity contribution in [1.29, 1.82) is 0 Å². The lowest BCUT2D eigenvalue weighted by Crippen LogP contribution is -2.34. The number of rotatable bonds is 3. The first kappa shape index (κ1) is 13.6. The van der Waals surface area contributed by atoms with Crippen LogP contribution in [0.15, 0.2) is 23.4 Å². The fourth-order valence-corrected chi connectivity index (χ4v) is 2.20. The number of carbonyl (C=O) groups is 1. The van der Waals surface area contributed by atoms with Gasteiger partial charge in [-0.15, -0.1) is 0 Å². The number of hydrogen-bond acceptors (Lipinski definition) is 4. The molecule has 1 saturated heterocycles. The molecule has 0 atom stereocenters. The van der Waals surface area contributed by atoms with Crippen LogP contribution >= 0.6 is 12.2 Å². The quantitative estimate of drug-likeness (QED) is 0.393. The molecule has 0 amide bonds. The van der Waals surface area contributed by atoms with Gasteiger partial charge in [-0.3, -0.25) is 15.2 Å². The lowest BCUT2D eigenvalue weighted by Gasteiger charge is -2.16. The molecule has 19 heavy (non-hydrogen) atoms. The van der Waals surface area contributed by atoms with E-state index in [-0.39, 0.29) is 5.78 Å². The molecule has 0 aromatic carbocycles. The summed E-state index contributed by atoms with van der Waals surface area (Å²) in [7, 11) is 0. The van der Waals surface area contributed by atoms with E-state index in [9.17, 15) is 4.79 Å². The molecular formula is C13H16N4OS. The fraction of sp³-hybridized carbons (Fsp3) is 0.385. The summed E-state index contributed by atoms with van der Waals surface area (Å²) in [4.78, 5) is 17.5. The maximum Gasteiger partial charge on any atom is 0.189 e.